The lowest BCUT2D eigenvalue weighted by molar-refractivity contribution is -0.124. The van der Waals surface area contributed by atoms with Crippen molar-refractivity contribution in [1.29, 1.82) is 0 Å². The Kier molecular flexibility index (Phi) is 5.06. The van der Waals surface area contributed by atoms with Crippen molar-refractivity contribution in [1.82, 2.24) is 9.62 Å². The van der Waals surface area contributed by atoms with Crippen LogP contribution in [0, 0.1) is 0 Å². The number of rotatable bonds is 4. The molecule has 1 heterocycles. The lowest BCUT2D eigenvalue weighted by atomic mass is 10.1. The fourth-order valence-electron chi connectivity index (χ4n) is 2.61. The molecule has 1 aromatic carbocycles. The summed E-state index contributed by atoms with van der Waals surface area (Å²) in [5.74, 6) is -0.235. The van der Waals surface area contributed by atoms with Crippen LogP contribution in [0.15, 0.2) is 28.7 Å². The highest BCUT2D eigenvalue weighted by Gasteiger charge is 2.36. The molecule has 7 heteroatoms. The molecule has 0 aliphatic carbocycles. The van der Waals surface area contributed by atoms with Crippen LogP contribution in [-0.2, 0) is 14.8 Å². The molecule has 1 saturated heterocycles. The van der Waals surface area contributed by atoms with E-state index in [1.807, 2.05) is 31.2 Å². The maximum atomic E-state index is 12.4. The summed E-state index contributed by atoms with van der Waals surface area (Å²) in [5.41, 5.74) is 0.967. The van der Waals surface area contributed by atoms with E-state index in [1.54, 1.807) is 0 Å². The van der Waals surface area contributed by atoms with Crippen LogP contribution in [0.1, 0.15) is 31.4 Å². The first-order chi connectivity index (χ1) is 9.80. The van der Waals surface area contributed by atoms with E-state index in [0.717, 1.165) is 16.3 Å². The molecule has 21 heavy (non-hydrogen) atoms. The lowest BCUT2D eigenvalue weighted by Gasteiger charge is -2.24. The number of carbonyl (C=O) groups is 1. The summed E-state index contributed by atoms with van der Waals surface area (Å²) in [6.45, 7) is 2.30. The van der Waals surface area contributed by atoms with Gasteiger partial charge in [-0.15, -0.1) is 0 Å². The summed E-state index contributed by atoms with van der Waals surface area (Å²) >= 11 is 3.46. The van der Waals surface area contributed by atoms with Crippen molar-refractivity contribution in [3.8, 4) is 0 Å². The van der Waals surface area contributed by atoms with Crippen LogP contribution < -0.4 is 5.32 Å². The fourth-order valence-corrected chi connectivity index (χ4v) is 4.37. The summed E-state index contributed by atoms with van der Waals surface area (Å²) in [4.78, 5) is 12.4. The zero-order valence-corrected chi connectivity index (χ0v) is 14.4. The van der Waals surface area contributed by atoms with Crippen molar-refractivity contribution in [3.05, 3.63) is 34.3 Å². The van der Waals surface area contributed by atoms with E-state index in [2.05, 4.69) is 21.2 Å². The molecule has 2 unspecified atom stereocenters. The van der Waals surface area contributed by atoms with Crippen molar-refractivity contribution < 1.29 is 13.2 Å². The van der Waals surface area contributed by atoms with Gasteiger partial charge in [-0.25, -0.2) is 8.42 Å². The van der Waals surface area contributed by atoms with Gasteiger partial charge in [-0.05, 0) is 31.4 Å². The van der Waals surface area contributed by atoms with Gasteiger partial charge in [0.15, 0.2) is 0 Å². The van der Waals surface area contributed by atoms with Gasteiger partial charge < -0.3 is 5.32 Å². The average Bonchev–Trinajstić information content (AvgIpc) is 2.88. The first kappa shape index (κ1) is 16.5. The minimum atomic E-state index is -3.34. The minimum absolute atomic E-state index is 0.185. The second-order valence-electron chi connectivity index (χ2n) is 5.28. The number of halogens is 1. The molecule has 1 fully saturated rings. The first-order valence-electron chi connectivity index (χ1n) is 6.82. The standard InChI is InChI=1S/C14H19BrN2O3S/c1-10(11-6-3-4-7-12(11)15)16-14(18)13-8-5-9-17(13)21(2,19)20/h3-4,6-7,10,13H,5,8-9H2,1-2H3,(H,16,18). The molecule has 1 amide bonds. The monoisotopic (exact) mass is 374 g/mol. The van der Waals surface area contributed by atoms with Gasteiger partial charge in [0.25, 0.3) is 0 Å². The molecule has 1 aliphatic heterocycles. The van der Waals surface area contributed by atoms with Gasteiger partial charge in [0.2, 0.25) is 15.9 Å². The van der Waals surface area contributed by atoms with Crippen molar-refractivity contribution in [2.45, 2.75) is 31.8 Å². The third-order valence-corrected chi connectivity index (χ3v) is 5.67. The van der Waals surface area contributed by atoms with Gasteiger partial charge in [0, 0.05) is 11.0 Å². The lowest BCUT2D eigenvalue weighted by Crippen LogP contribution is -2.46. The Bertz CT molecular complexity index is 633. The van der Waals surface area contributed by atoms with E-state index in [1.165, 1.54) is 4.31 Å². The van der Waals surface area contributed by atoms with Crippen molar-refractivity contribution in [3.63, 3.8) is 0 Å². The Hall–Kier alpha value is -0.920. The predicted octanol–water partition coefficient (Wildman–Crippen LogP) is 2.05. The smallest absolute Gasteiger partial charge is 0.238 e. The average molecular weight is 375 g/mol. The van der Waals surface area contributed by atoms with Gasteiger partial charge in [-0.3, -0.25) is 4.79 Å². The van der Waals surface area contributed by atoms with E-state index < -0.39 is 16.1 Å². The first-order valence-corrected chi connectivity index (χ1v) is 9.46. The number of hydrogen-bond acceptors (Lipinski definition) is 3. The maximum Gasteiger partial charge on any atom is 0.238 e. The van der Waals surface area contributed by atoms with Gasteiger partial charge in [0.1, 0.15) is 6.04 Å². The molecule has 1 N–H and O–H groups in total. The number of nitrogens with zero attached hydrogens (tertiary/aromatic N) is 1. The van der Waals surface area contributed by atoms with Crippen molar-refractivity contribution in [2.75, 3.05) is 12.8 Å². The second-order valence-corrected chi connectivity index (χ2v) is 8.07. The van der Waals surface area contributed by atoms with E-state index in [-0.39, 0.29) is 11.9 Å². The molecular weight excluding hydrogens is 356 g/mol. The number of nitrogens with one attached hydrogen (secondary N) is 1. The highest BCUT2D eigenvalue weighted by Crippen LogP contribution is 2.25. The molecule has 2 atom stereocenters. The maximum absolute atomic E-state index is 12.4. The Morgan fingerprint density at radius 1 is 1.43 bits per heavy atom. The van der Waals surface area contributed by atoms with E-state index in [4.69, 9.17) is 0 Å². The minimum Gasteiger partial charge on any atom is -0.348 e. The Morgan fingerprint density at radius 3 is 2.71 bits per heavy atom. The summed E-state index contributed by atoms with van der Waals surface area (Å²) in [6.07, 6.45) is 2.44. The zero-order chi connectivity index (χ0) is 15.6. The van der Waals surface area contributed by atoms with Gasteiger partial charge >= 0.3 is 0 Å². The molecule has 0 aromatic heterocycles. The summed E-state index contributed by atoms with van der Waals surface area (Å²) in [5, 5.41) is 2.91. The van der Waals surface area contributed by atoms with Crippen LogP contribution in [0.25, 0.3) is 0 Å². The number of carbonyl (C=O) groups excluding carboxylic acids is 1. The highest BCUT2D eigenvalue weighted by molar-refractivity contribution is 9.10. The van der Waals surface area contributed by atoms with Gasteiger partial charge in [-0.2, -0.15) is 4.31 Å². The molecule has 5 nitrogen and oxygen atoms in total. The number of sulfonamides is 1. The third kappa shape index (κ3) is 3.84. The van der Waals surface area contributed by atoms with E-state index >= 15 is 0 Å². The highest BCUT2D eigenvalue weighted by atomic mass is 79.9. The second kappa shape index (κ2) is 6.46. The van der Waals surface area contributed by atoms with Crippen LogP contribution in [0.3, 0.4) is 0 Å². The Morgan fingerprint density at radius 2 is 2.10 bits per heavy atom. The van der Waals surface area contributed by atoms with Crippen molar-refractivity contribution >= 4 is 31.9 Å². The van der Waals surface area contributed by atoms with Gasteiger partial charge in [-0.1, -0.05) is 34.1 Å². The Labute approximate surface area is 133 Å². The van der Waals surface area contributed by atoms with Crippen LogP contribution in [0.5, 0.6) is 0 Å². The number of hydrogen-bond donors (Lipinski definition) is 1. The van der Waals surface area contributed by atoms with Crippen LogP contribution in [-0.4, -0.2) is 37.5 Å². The molecule has 1 aromatic rings. The largest absolute Gasteiger partial charge is 0.348 e. The molecule has 0 saturated carbocycles. The molecule has 2 rings (SSSR count). The van der Waals surface area contributed by atoms with Gasteiger partial charge in [0.05, 0.1) is 12.3 Å². The zero-order valence-electron chi connectivity index (χ0n) is 12.0. The Balaban J connectivity index is 2.09. The van der Waals surface area contributed by atoms with Crippen LogP contribution in [0.2, 0.25) is 0 Å². The molecule has 0 radical (unpaired) electrons. The summed E-state index contributed by atoms with van der Waals surface area (Å²) in [7, 11) is -3.34. The molecule has 116 valence electrons. The van der Waals surface area contributed by atoms with Crippen LogP contribution in [0.4, 0.5) is 0 Å². The molecular formula is C14H19BrN2O3S. The van der Waals surface area contributed by atoms with Crippen LogP contribution >= 0.6 is 15.9 Å². The molecule has 1 aliphatic rings. The topological polar surface area (TPSA) is 66.5 Å². The van der Waals surface area contributed by atoms with E-state index in [9.17, 15) is 13.2 Å². The third-order valence-electron chi connectivity index (χ3n) is 3.66. The molecule has 0 bridgehead atoms. The normalized spacial score (nSPS) is 21.2. The summed E-state index contributed by atoms with van der Waals surface area (Å²) < 4.78 is 25.6. The summed E-state index contributed by atoms with van der Waals surface area (Å²) in [6, 6.07) is 6.88. The fraction of sp³-hybridized carbons (Fsp3) is 0.500. The quantitative estimate of drug-likeness (QED) is 0.876. The molecule has 0 spiro atoms. The predicted molar refractivity (Wildman–Crippen MR) is 85.3 cm³/mol. The SMILES string of the molecule is CC(NC(=O)C1CCCN1S(C)(=O)=O)c1ccccc1Br. The number of benzene rings is 1. The number of amides is 1. The van der Waals surface area contributed by atoms with E-state index in [0.29, 0.717) is 19.4 Å². The van der Waals surface area contributed by atoms with Crippen molar-refractivity contribution in [2.24, 2.45) is 0 Å².